The minimum absolute atomic E-state index is 0.157. The van der Waals surface area contributed by atoms with Gasteiger partial charge in [0.15, 0.2) is 6.10 Å². The van der Waals surface area contributed by atoms with Gasteiger partial charge in [-0.05, 0) is 62.2 Å². The van der Waals surface area contributed by atoms with Gasteiger partial charge in [-0.3, -0.25) is 4.79 Å². The van der Waals surface area contributed by atoms with Crippen molar-refractivity contribution >= 4 is 23.4 Å². The molecule has 3 nitrogen and oxygen atoms in total. The fourth-order valence-electron chi connectivity index (χ4n) is 2.75. The number of thioether (sulfide) groups is 1. The second kappa shape index (κ2) is 9.47. The number of anilines is 1. The van der Waals surface area contributed by atoms with E-state index >= 15 is 0 Å². The first-order valence-electron chi connectivity index (χ1n) is 9.33. The Bertz CT molecular complexity index is 923. The van der Waals surface area contributed by atoms with Crippen LogP contribution in [0.2, 0.25) is 0 Å². The highest BCUT2D eigenvalue weighted by molar-refractivity contribution is 7.98. The van der Waals surface area contributed by atoms with Crippen molar-refractivity contribution in [3.8, 4) is 5.75 Å². The second-order valence-corrected chi connectivity index (χ2v) is 7.86. The molecule has 0 aliphatic heterocycles. The van der Waals surface area contributed by atoms with Gasteiger partial charge in [0.2, 0.25) is 0 Å². The number of aryl methyl sites for hydroxylation is 2. The summed E-state index contributed by atoms with van der Waals surface area (Å²) in [5, 5.41) is 2.97. The standard InChI is InChI=1S/C24H25NO2S/c1-17-9-12-21(13-10-17)27-19(3)24(26)25-23-14-11-20(15-18(23)2)16-28-22-7-5-4-6-8-22/h4-15,19H,16H2,1-3H3,(H,25,26)/t19-/m0/s1. The van der Waals surface area contributed by atoms with E-state index in [2.05, 4.69) is 29.6 Å². The zero-order valence-corrected chi connectivity index (χ0v) is 17.3. The summed E-state index contributed by atoms with van der Waals surface area (Å²) in [5.74, 6) is 1.43. The van der Waals surface area contributed by atoms with Crippen molar-refractivity contribution in [2.45, 2.75) is 37.5 Å². The molecule has 0 unspecified atom stereocenters. The fraction of sp³-hybridized carbons (Fsp3) is 0.208. The summed E-state index contributed by atoms with van der Waals surface area (Å²) >= 11 is 1.80. The normalized spacial score (nSPS) is 11.7. The van der Waals surface area contributed by atoms with Gasteiger partial charge in [0.1, 0.15) is 5.75 Å². The lowest BCUT2D eigenvalue weighted by Crippen LogP contribution is -2.30. The van der Waals surface area contributed by atoms with E-state index in [-0.39, 0.29) is 5.91 Å². The molecule has 1 N–H and O–H groups in total. The molecule has 0 heterocycles. The van der Waals surface area contributed by atoms with E-state index in [1.807, 2.05) is 62.4 Å². The number of ether oxygens (including phenoxy) is 1. The molecule has 0 aromatic heterocycles. The Morgan fingerprint density at radius 2 is 1.71 bits per heavy atom. The molecule has 0 fully saturated rings. The van der Waals surface area contributed by atoms with E-state index in [0.29, 0.717) is 5.75 Å². The van der Waals surface area contributed by atoms with Gasteiger partial charge >= 0.3 is 0 Å². The Kier molecular flexibility index (Phi) is 6.77. The summed E-state index contributed by atoms with van der Waals surface area (Å²) in [4.78, 5) is 13.7. The minimum atomic E-state index is -0.574. The van der Waals surface area contributed by atoms with Crippen LogP contribution in [0.15, 0.2) is 77.7 Å². The van der Waals surface area contributed by atoms with Gasteiger partial charge in [-0.1, -0.05) is 48.0 Å². The first-order valence-corrected chi connectivity index (χ1v) is 10.3. The summed E-state index contributed by atoms with van der Waals surface area (Å²) in [5.41, 5.74) is 4.25. The topological polar surface area (TPSA) is 38.3 Å². The van der Waals surface area contributed by atoms with Gasteiger partial charge < -0.3 is 10.1 Å². The third kappa shape index (κ3) is 5.64. The summed E-state index contributed by atoms with van der Waals surface area (Å²) < 4.78 is 5.74. The predicted octanol–water partition coefficient (Wildman–Crippen LogP) is 6.00. The lowest BCUT2D eigenvalue weighted by molar-refractivity contribution is -0.122. The van der Waals surface area contributed by atoms with Gasteiger partial charge in [0.05, 0.1) is 0 Å². The Morgan fingerprint density at radius 3 is 2.39 bits per heavy atom. The average Bonchev–Trinajstić information content (AvgIpc) is 2.70. The maximum absolute atomic E-state index is 12.5. The molecule has 0 spiro atoms. The molecule has 144 valence electrons. The summed E-state index contributed by atoms with van der Waals surface area (Å²) in [6.07, 6.45) is -0.574. The lowest BCUT2D eigenvalue weighted by Gasteiger charge is -2.16. The Labute approximate surface area is 171 Å². The molecule has 0 bridgehead atoms. The molecule has 0 aliphatic rings. The quantitative estimate of drug-likeness (QED) is 0.502. The number of nitrogens with one attached hydrogen (secondary N) is 1. The van der Waals surface area contributed by atoms with Gasteiger partial charge in [0.25, 0.3) is 5.91 Å². The molecule has 3 rings (SSSR count). The number of amides is 1. The summed E-state index contributed by atoms with van der Waals surface area (Å²) in [7, 11) is 0. The number of carbonyl (C=O) groups is 1. The molecule has 0 radical (unpaired) electrons. The summed E-state index contributed by atoms with van der Waals surface area (Å²) in [6, 6.07) is 24.2. The highest BCUT2D eigenvalue weighted by Gasteiger charge is 2.16. The van der Waals surface area contributed by atoms with Crippen LogP contribution in [0.5, 0.6) is 5.75 Å². The SMILES string of the molecule is Cc1ccc(O[C@@H](C)C(=O)Nc2ccc(CSc3ccccc3)cc2C)cc1. The van der Waals surface area contributed by atoms with Crippen molar-refractivity contribution in [3.63, 3.8) is 0 Å². The number of rotatable bonds is 7. The van der Waals surface area contributed by atoms with Crippen LogP contribution in [0.4, 0.5) is 5.69 Å². The van der Waals surface area contributed by atoms with Crippen LogP contribution >= 0.6 is 11.8 Å². The molecule has 0 aliphatic carbocycles. The molecule has 28 heavy (non-hydrogen) atoms. The van der Waals surface area contributed by atoms with E-state index in [9.17, 15) is 4.79 Å². The van der Waals surface area contributed by atoms with Crippen LogP contribution in [-0.4, -0.2) is 12.0 Å². The Balaban J connectivity index is 1.57. The second-order valence-electron chi connectivity index (χ2n) is 6.81. The van der Waals surface area contributed by atoms with Crippen molar-refractivity contribution in [3.05, 3.63) is 89.5 Å². The predicted molar refractivity (Wildman–Crippen MR) is 117 cm³/mol. The van der Waals surface area contributed by atoms with E-state index in [0.717, 1.165) is 22.6 Å². The van der Waals surface area contributed by atoms with Crippen molar-refractivity contribution in [2.75, 3.05) is 5.32 Å². The van der Waals surface area contributed by atoms with Gasteiger partial charge in [0, 0.05) is 16.3 Å². The highest BCUT2D eigenvalue weighted by Crippen LogP contribution is 2.25. The van der Waals surface area contributed by atoms with E-state index in [1.165, 1.54) is 10.5 Å². The fourth-order valence-corrected chi connectivity index (χ4v) is 3.61. The Morgan fingerprint density at radius 1 is 1.00 bits per heavy atom. The largest absolute Gasteiger partial charge is 0.481 e. The zero-order chi connectivity index (χ0) is 19.9. The molecule has 1 amide bonds. The van der Waals surface area contributed by atoms with Crippen LogP contribution in [0.1, 0.15) is 23.6 Å². The Hall–Kier alpha value is -2.72. The number of carbonyl (C=O) groups excluding carboxylic acids is 1. The molecule has 4 heteroatoms. The highest BCUT2D eigenvalue weighted by atomic mass is 32.2. The molecule has 0 saturated carbocycles. The smallest absolute Gasteiger partial charge is 0.265 e. The van der Waals surface area contributed by atoms with E-state index < -0.39 is 6.10 Å². The molecular weight excluding hydrogens is 366 g/mol. The molecule has 0 saturated heterocycles. The van der Waals surface area contributed by atoms with Gasteiger partial charge in [-0.2, -0.15) is 0 Å². The minimum Gasteiger partial charge on any atom is -0.481 e. The van der Waals surface area contributed by atoms with Crippen molar-refractivity contribution in [2.24, 2.45) is 0 Å². The van der Waals surface area contributed by atoms with Gasteiger partial charge in [-0.15, -0.1) is 11.8 Å². The van der Waals surface area contributed by atoms with Crippen LogP contribution < -0.4 is 10.1 Å². The third-order valence-corrected chi connectivity index (χ3v) is 5.48. The first-order chi connectivity index (χ1) is 13.5. The maximum atomic E-state index is 12.5. The maximum Gasteiger partial charge on any atom is 0.265 e. The van der Waals surface area contributed by atoms with Crippen LogP contribution in [0.3, 0.4) is 0 Å². The zero-order valence-electron chi connectivity index (χ0n) is 16.4. The van der Waals surface area contributed by atoms with Crippen molar-refractivity contribution in [1.82, 2.24) is 0 Å². The number of benzene rings is 3. The molecule has 1 atom stereocenters. The van der Waals surface area contributed by atoms with Crippen LogP contribution in [0.25, 0.3) is 0 Å². The number of hydrogen-bond acceptors (Lipinski definition) is 3. The van der Waals surface area contributed by atoms with Crippen molar-refractivity contribution < 1.29 is 9.53 Å². The summed E-state index contributed by atoms with van der Waals surface area (Å²) in [6.45, 7) is 5.79. The molecule has 3 aromatic rings. The third-order valence-electron chi connectivity index (χ3n) is 4.40. The first kappa shape index (κ1) is 20.0. The van der Waals surface area contributed by atoms with E-state index in [1.54, 1.807) is 18.7 Å². The lowest BCUT2D eigenvalue weighted by atomic mass is 10.1. The molecular formula is C24H25NO2S. The van der Waals surface area contributed by atoms with Crippen molar-refractivity contribution in [1.29, 1.82) is 0 Å². The molecule has 3 aromatic carbocycles. The van der Waals surface area contributed by atoms with E-state index in [4.69, 9.17) is 4.74 Å². The van der Waals surface area contributed by atoms with Crippen LogP contribution in [-0.2, 0) is 10.5 Å². The van der Waals surface area contributed by atoms with Gasteiger partial charge in [-0.25, -0.2) is 0 Å². The number of hydrogen-bond donors (Lipinski definition) is 1. The van der Waals surface area contributed by atoms with Crippen LogP contribution in [0, 0.1) is 13.8 Å². The monoisotopic (exact) mass is 391 g/mol. The average molecular weight is 392 g/mol.